The zero-order valence-electron chi connectivity index (χ0n) is 10.9. The van der Waals surface area contributed by atoms with E-state index in [1.165, 1.54) is 11.3 Å². The SMILES string of the molecule is CNC(C)(CN1CCCc2ccccc21)C(=O)O. The first-order valence-corrected chi connectivity index (χ1v) is 6.32. The Morgan fingerprint density at radius 1 is 1.50 bits per heavy atom. The summed E-state index contributed by atoms with van der Waals surface area (Å²) in [5.74, 6) is -0.812. The Morgan fingerprint density at radius 2 is 2.22 bits per heavy atom. The maximum atomic E-state index is 11.3. The molecule has 18 heavy (non-hydrogen) atoms. The quantitative estimate of drug-likeness (QED) is 0.848. The molecule has 1 aliphatic rings. The maximum absolute atomic E-state index is 11.3. The van der Waals surface area contributed by atoms with Gasteiger partial charge in [-0.1, -0.05) is 18.2 Å². The van der Waals surface area contributed by atoms with Crippen molar-refractivity contribution < 1.29 is 9.90 Å². The van der Waals surface area contributed by atoms with E-state index in [4.69, 9.17) is 0 Å². The van der Waals surface area contributed by atoms with E-state index in [0.717, 1.165) is 19.4 Å². The van der Waals surface area contributed by atoms with Gasteiger partial charge in [-0.15, -0.1) is 0 Å². The lowest BCUT2D eigenvalue weighted by atomic mass is 9.97. The highest BCUT2D eigenvalue weighted by atomic mass is 16.4. The van der Waals surface area contributed by atoms with Gasteiger partial charge in [0.1, 0.15) is 5.54 Å². The first kappa shape index (κ1) is 12.9. The molecule has 0 aromatic heterocycles. The molecular weight excluding hydrogens is 228 g/mol. The lowest BCUT2D eigenvalue weighted by Crippen LogP contribution is -2.56. The van der Waals surface area contributed by atoms with Gasteiger partial charge >= 0.3 is 5.97 Å². The van der Waals surface area contributed by atoms with Gasteiger partial charge < -0.3 is 15.3 Å². The van der Waals surface area contributed by atoms with Gasteiger partial charge in [0.2, 0.25) is 0 Å². The number of nitrogens with one attached hydrogen (secondary N) is 1. The van der Waals surface area contributed by atoms with Crippen molar-refractivity contribution in [3.8, 4) is 0 Å². The van der Waals surface area contributed by atoms with Crippen LogP contribution in [-0.2, 0) is 11.2 Å². The van der Waals surface area contributed by atoms with Crippen molar-refractivity contribution in [2.75, 3.05) is 25.0 Å². The van der Waals surface area contributed by atoms with Gasteiger partial charge in [0.05, 0.1) is 0 Å². The summed E-state index contributed by atoms with van der Waals surface area (Å²) in [6.07, 6.45) is 2.16. The first-order chi connectivity index (χ1) is 8.57. The van der Waals surface area contributed by atoms with Crippen LogP contribution in [0.5, 0.6) is 0 Å². The largest absolute Gasteiger partial charge is 0.480 e. The molecule has 2 N–H and O–H groups in total. The smallest absolute Gasteiger partial charge is 0.325 e. The highest BCUT2D eigenvalue weighted by Crippen LogP contribution is 2.27. The number of rotatable bonds is 4. The Kier molecular flexibility index (Phi) is 3.57. The first-order valence-electron chi connectivity index (χ1n) is 6.32. The molecule has 0 amide bonds. The summed E-state index contributed by atoms with van der Waals surface area (Å²) in [5, 5.41) is 12.2. The summed E-state index contributed by atoms with van der Waals surface area (Å²) in [6.45, 7) is 3.13. The van der Waals surface area contributed by atoms with Crippen LogP contribution in [0.4, 0.5) is 5.69 Å². The number of benzene rings is 1. The minimum atomic E-state index is -0.912. The fraction of sp³-hybridized carbons (Fsp3) is 0.500. The Labute approximate surface area is 108 Å². The van der Waals surface area contributed by atoms with Crippen molar-refractivity contribution in [1.29, 1.82) is 0 Å². The molecule has 4 nitrogen and oxygen atoms in total. The van der Waals surface area contributed by atoms with E-state index < -0.39 is 11.5 Å². The topological polar surface area (TPSA) is 52.6 Å². The second kappa shape index (κ2) is 4.98. The Bertz CT molecular complexity index is 447. The molecule has 1 heterocycles. The lowest BCUT2D eigenvalue weighted by molar-refractivity contribution is -0.143. The number of para-hydroxylation sites is 1. The zero-order valence-corrected chi connectivity index (χ0v) is 10.9. The number of carbonyl (C=O) groups is 1. The number of fused-ring (bicyclic) bond motifs is 1. The molecule has 4 heteroatoms. The third kappa shape index (κ3) is 2.34. The predicted octanol–water partition coefficient (Wildman–Crippen LogP) is 1.50. The molecule has 0 saturated carbocycles. The van der Waals surface area contributed by atoms with E-state index >= 15 is 0 Å². The minimum Gasteiger partial charge on any atom is -0.480 e. The van der Waals surface area contributed by atoms with Crippen LogP contribution in [0.1, 0.15) is 18.9 Å². The van der Waals surface area contributed by atoms with Crippen molar-refractivity contribution >= 4 is 11.7 Å². The van der Waals surface area contributed by atoms with E-state index in [2.05, 4.69) is 22.3 Å². The second-order valence-corrected chi connectivity index (χ2v) is 5.04. The van der Waals surface area contributed by atoms with Crippen LogP contribution >= 0.6 is 0 Å². The monoisotopic (exact) mass is 248 g/mol. The van der Waals surface area contributed by atoms with Crippen LogP contribution in [0.15, 0.2) is 24.3 Å². The fourth-order valence-electron chi connectivity index (χ4n) is 2.41. The standard InChI is InChI=1S/C14H20N2O2/c1-14(15-2,13(17)18)10-16-9-5-7-11-6-3-4-8-12(11)16/h3-4,6,8,15H,5,7,9-10H2,1-2H3,(H,17,18). The summed E-state index contributed by atoms with van der Waals surface area (Å²) >= 11 is 0. The van der Waals surface area contributed by atoms with Gasteiger partial charge in [0.15, 0.2) is 0 Å². The van der Waals surface area contributed by atoms with Crippen LogP contribution in [0.3, 0.4) is 0 Å². The second-order valence-electron chi connectivity index (χ2n) is 5.04. The molecule has 0 radical (unpaired) electrons. The molecule has 2 rings (SSSR count). The molecular formula is C14H20N2O2. The van der Waals surface area contributed by atoms with E-state index in [1.54, 1.807) is 14.0 Å². The molecule has 1 aromatic carbocycles. The molecule has 1 aromatic rings. The van der Waals surface area contributed by atoms with Gasteiger partial charge in [0, 0.05) is 18.8 Å². The summed E-state index contributed by atoms with van der Waals surface area (Å²) in [4.78, 5) is 13.5. The molecule has 0 saturated heterocycles. The molecule has 1 aliphatic heterocycles. The van der Waals surface area contributed by atoms with Crippen molar-refractivity contribution in [1.82, 2.24) is 5.32 Å². The number of aliphatic carboxylic acids is 1. The van der Waals surface area contributed by atoms with Gasteiger partial charge in [-0.2, -0.15) is 0 Å². The molecule has 98 valence electrons. The predicted molar refractivity (Wildman–Crippen MR) is 72.1 cm³/mol. The number of aryl methyl sites for hydroxylation is 1. The van der Waals surface area contributed by atoms with Crippen molar-refractivity contribution in [3.05, 3.63) is 29.8 Å². The van der Waals surface area contributed by atoms with Crippen molar-refractivity contribution in [2.45, 2.75) is 25.3 Å². The van der Waals surface area contributed by atoms with Gasteiger partial charge in [-0.3, -0.25) is 4.79 Å². The molecule has 1 atom stereocenters. The number of hydrogen-bond acceptors (Lipinski definition) is 3. The minimum absolute atomic E-state index is 0.482. The normalized spacial score (nSPS) is 18.0. The van der Waals surface area contributed by atoms with Crippen LogP contribution in [0.25, 0.3) is 0 Å². The molecule has 0 spiro atoms. The van der Waals surface area contributed by atoms with Crippen LogP contribution in [0.2, 0.25) is 0 Å². The average Bonchev–Trinajstić information content (AvgIpc) is 2.39. The summed E-state index contributed by atoms with van der Waals surface area (Å²) in [6, 6.07) is 8.25. The van der Waals surface area contributed by atoms with Crippen molar-refractivity contribution in [2.24, 2.45) is 0 Å². The lowest BCUT2D eigenvalue weighted by Gasteiger charge is -2.37. The fourth-order valence-corrected chi connectivity index (χ4v) is 2.41. The molecule has 0 aliphatic carbocycles. The average molecular weight is 248 g/mol. The summed E-state index contributed by atoms with van der Waals surface area (Å²) in [5.41, 5.74) is 1.57. The number of nitrogens with zero attached hydrogens (tertiary/aromatic N) is 1. The highest BCUT2D eigenvalue weighted by molar-refractivity contribution is 5.79. The Hall–Kier alpha value is -1.55. The third-order valence-corrected chi connectivity index (χ3v) is 3.74. The van der Waals surface area contributed by atoms with Crippen LogP contribution in [0, 0.1) is 0 Å². The number of likely N-dealkylation sites (N-methyl/N-ethyl adjacent to an activating group) is 1. The zero-order chi connectivity index (χ0) is 13.2. The molecule has 0 fully saturated rings. The van der Waals surface area contributed by atoms with E-state index in [-0.39, 0.29) is 0 Å². The van der Waals surface area contributed by atoms with Crippen LogP contribution < -0.4 is 10.2 Å². The van der Waals surface area contributed by atoms with Gasteiger partial charge in [-0.05, 0) is 38.4 Å². The number of hydrogen-bond donors (Lipinski definition) is 2. The number of anilines is 1. The van der Waals surface area contributed by atoms with Gasteiger partial charge in [-0.25, -0.2) is 0 Å². The van der Waals surface area contributed by atoms with E-state index in [9.17, 15) is 9.90 Å². The Balaban J connectivity index is 2.23. The number of carboxylic acids is 1. The Morgan fingerprint density at radius 3 is 2.89 bits per heavy atom. The third-order valence-electron chi connectivity index (χ3n) is 3.74. The number of carboxylic acid groups (broad SMARTS) is 1. The van der Waals surface area contributed by atoms with E-state index in [1.807, 2.05) is 12.1 Å². The van der Waals surface area contributed by atoms with Crippen LogP contribution in [-0.4, -0.2) is 36.8 Å². The van der Waals surface area contributed by atoms with Crippen molar-refractivity contribution in [3.63, 3.8) is 0 Å². The summed E-state index contributed by atoms with van der Waals surface area (Å²) in [7, 11) is 1.70. The molecule has 1 unspecified atom stereocenters. The maximum Gasteiger partial charge on any atom is 0.325 e. The molecule has 0 bridgehead atoms. The van der Waals surface area contributed by atoms with Gasteiger partial charge in [0.25, 0.3) is 0 Å². The highest BCUT2D eigenvalue weighted by Gasteiger charge is 2.34. The summed E-state index contributed by atoms with van der Waals surface area (Å²) < 4.78 is 0. The van der Waals surface area contributed by atoms with E-state index in [0.29, 0.717) is 6.54 Å².